The summed E-state index contributed by atoms with van der Waals surface area (Å²) in [7, 11) is 1.23. The fourth-order valence-corrected chi connectivity index (χ4v) is 2.73. The van der Waals surface area contributed by atoms with Crippen LogP contribution in [0, 0.1) is 13.7 Å². The second-order valence-corrected chi connectivity index (χ2v) is 6.27. The van der Waals surface area contributed by atoms with Gasteiger partial charge in [0.1, 0.15) is 0 Å². The van der Waals surface area contributed by atoms with E-state index in [-0.39, 0.29) is 23.0 Å². The van der Waals surface area contributed by atoms with Crippen LogP contribution in [0.15, 0.2) is 40.7 Å². The van der Waals surface area contributed by atoms with Crippen LogP contribution < -0.4 is 4.74 Å². The van der Waals surface area contributed by atoms with E-state index < -0.39 is 16.5 Å². The van der Waals surface area contributed by atoms with E-state index in [4.69, 9.17) is 4.74 Å². The van der Waals surface area contributed by atoms with Gasteiger partial charge in [-0.05, 0) is 40.8 Å². The Kier molecular flexibility index (Phi) is 4.79. The number of carbonyl (C=O) groups excluding carboxylic acids is 1. The number of benzene rings is 1. The third-order valence-electron chi connectivity index (χ3n) is 3.42. The van der Waals surface area contributed by atoms with E-state index in [1.807, 2.05) is 6.07 Å². The van der Waals surface area contributed by atoms with Crippen LogP contribution in [0.5, 0.6) is 11.8 Å². The summed E-state index contributed by atoms with van der Waals surface area (Å²) >= 11 is 2.10. The molecule has 0 fully saturated rings. The molecule has 26 heavy (non-hydrogen) atoms. The van der Waals surface area contributed by atoms with E-state index in [1.54, 1.807) is 12.1 Å². The number of aromatic amines is 1. The van der Waals surface area contributed by atoms with Crippen molar-refractivity contribution in [2.24, 2.45) is 10.2 Å². The highest BCUT2D eigenvalue weighted by atomic mass is 127. The average Bonchev–Trinajstić information content (AvgIpc) is 2.93. The first-order chi connectivity index (χ1) is 12.4. The highest BCUT2D eigenvalue weighted by Crippen LogP contribution is 2.36. The van der Waals surface area contributed by atoms with Crippen LogP contribution in [0.4, 0.5) is 11.4 Å². The highest BCUT2D eigenvalue weighted by Gasteiger charge is 2.20. The van der Waals surface area contributed by atoms with Gasteiger partial charge in [-0.1, -0.05) is 0 Å². The molecule has 2 aromatic heterocycles. The van der Waals surface area contributed by atoms with Gasteiger partial charge in [0.25, 0.3) is 11.8 Å². The van der Waals surface area contributed by atoms with Gasteiger partial charge in [-0.2, -0.15) is 0 Å². The number of aromatic hydroxyl groups is 1. The summed E-state index contributed by atoms with van der Waals surface area (Å²) in [6, 6.07) is 6.37. The van der Waals surface area contributed by atoms with E-state index in [9.17, 15) is 20.0 Å². The summed E-state index contributed by atoms with van der Waals surface area (Å²) in [6.45, 7) is 0. The van der Waals surface area contributed by atoms with Gasteiger partial charge in [-0.25, -0.2) is 4.98 Å². The number of carbonyl (C=O) groups is 1. The molecule has 0 bridgehead atoms. The number of ether oxygens (including phenoxy) is 1. The monoisotopic (exact) mass is 467 g/mol. The maximum Gasteiger partial charge on any atom is 0.331 e. The Bertz CT molecular complexity index is 1060. The zero-order chi connectivity index (χ0) is 18.8. The third-order valence-corrected chi connectivity index (χ3v) is 4.10. The van der Waals surface area contributed by atoms with Crippen molar-refractivity contribution in [3.05, 3.63) is 49.7 Å². The molecular formula is C15H10IN5O5. The molecule has 0 aliphatic rings. The molecular weight excluding hydrogens is 457 g/mol. The Labute approximate surface area is 159 Å². The van der Waals surface area contributed by atoms with E-state index in [1.165, 1.54) is 7.11 Å². The number of aromatic nitrogens is 2. The van der Waals surface area contributed by atoms with Gasteiger partial charge >= 0.3 is 5.69 Å². The van der Waals surface area contributed by atoms with E-state index >= 15 is 0 Å². The van der Waals surface area contributed by atoms with Crippen LogP contribution in [-0.2, 0) is 0 Å². The highest BCUT2D eigenvalue weighted by molar-refractivity contribution is 14.1. The number of rotatable bonds is 4. The number of halogens is 1. The largest absolute Gasteiger partial charge is 0.493 e. The normalized spacial score (nSPS) is 11.2. The van der Waals surface area contributed by atoms with E-state index in [0.29, 0.717) is 10.9 Å². The average molecular weight is 467 g/mol. The van der Waals surface area contributed by atoms with Gasteiger partial charge in [-0.15, -0.1) is 10.2 Å². The predicted octanol–water partition coefficient (Wildman–Crippen LogP) is 3.71. The fraction of sp³-hybridized carbons (Fsp3) is 0.0667. The predicted molar refractivity (Wildman–Crippen MR) is 99.0 cm³/mol. The van der Waals surface area contributed by atoms with Crippen LogP contribution in [0.25, 0.3) is 10.9 Å². The second kappa shape index (κ2) is 7.03. The fourth-order valence-electron chi connectivity index (χ4n) is 2.24. The number of methoxy groups -OCH3 is 1. The van der Waals surface area contributed by atoms with Gasteiger partial charge in [0.15, 0.2) is 5.69 Å². The number of azo groups is 1. The first-order valence-corrected chi connectivity index (χ1v) is 8.13. The van der Waals surface area contributed by atoms with E-state index in [0.717, 1.165) is 15.8 Å². The van der Waals surface area contributed by atoms with E-state index in [2.05, 4.69) is 42.8 Å². The molecule has 11 heteroatoms. The smallest absolute Gasteiger partial charge is 0.331 e. The molecule has 0 saturated heterocycles. The number of amides is 1. The minimum atomic E-state index is -0.845. The number of fused-ring (bicyclic) bond motifs is 1. The first kappa shape index (κ1) is 17.7. The molecule has 0 aliphatic heterocycles. The van der Waals surface area contributed by atoms with Crippen LogP contribution in [0.2, 0.25) is 0 Å². The summed E-state index contributed by atoms with van der Waals surface area (Å²) in [5.41, 5.74) is 0.141. The maximum atomic E-state index is 12.2. The summed E-state index contributed by atoms with van der Waals surface area (Å²) in [4.78, 5) is 28.9. The Hall–Kier alpha value is -3.09. The molecule has 3 aromatic rings. The number of nitrogens with zero attached hydrogens (tertiary/aromatic N) is 4. The van der Waals surface area contributed by atoms with Gasteiger partial charge in [-0.3, -0.25) is 14.9 Å². The topological polar surface area (TPSA) is 143 Å². The number of H-pyrrole nitrogens is 1. The van der Waals surface area contributed by atoms with Crippen LogP contribution in [-0.4, -0.2) is 33.0 Å². The SMILES string of the molecule is COc1ncc(C(=O)N=Nc2c(O)[nH]c3ccc(I)cc23)cc1[N+](=O)[O-]. The zero-order valence-electron chi connectivity index (χ0n) is 13.1. The quantitative estimate of drug-likeness (QED) is 0.259. The molecule has 2 N–H and O–H groups in total. The molecule has 3 rings (SSSR count). The zero-order valence-corrected chi connectivity index (χ0v) is 15.3. The lowest BCUT2D eigenvalue weighted by molar-refractivity contribution is -0.386. The summed E-state index contributed by atoms with van der Waals surface area (Å²) in [5.74, 6) is -1.30. The number of pyridine rings is 1. The minimum absolute atomic E-state index is 0.0998. The Morgan fingerprint density at radius 1 is 1.42 bits per heavy atom. The Balaban J connectivity index is 1.96. The minimum Gasteiger partial charge on any atom is -0.493 e. The molecule has 0 spiro atoms. The number of nitro groups is 1. The van der Waals surface area contributed by atoms with Gasteiger partial charge in [0, 0.05) is 21.2 Å². The van der Waals surface area contributed by atoms with Gasteiger partial charge < -0.3 is 14.8 Å². The molecule has 10 nitrogen and oxygen atoms in total. The molecule has 2 heterocycles. The standard InChI is InChI=1S/C15H10IN5O5/c1-26-15-11(21(24)25)4-7(6-17-15)13(22)20-19-12-9-5-8(16)2-3-10(9)18-14(12)23/h2-6,18,23H,1H3. The second-order valence-electron chi connectivity index (χ2n) is 5.03. The first-order valence-electron chi connectivity index (χ1n) is 7.05. The van der Waals surface area contributed by atoms with Crippen molar-refractivity contribution in [3.8, 4) is 11.8 Å². The lowest BCUT2D eigenvalue weighted by Gasteiger charge is -2.01. The van der Waals surface area contributed by atoms with Crippen molar-refractivity contribution in [2.45, 2.75) is 0 Å². The number of nitrogens with one attached hydrogen (secondary N) is 1. The van der Waals surface area contributed by atoms with Crippen molar-refractivity contribution in [1.29, 1.82) is 0 Å². The maximum absolute atomic E-state index is 12.2. The van der Waals surface area contributed by atoms with Crippen molar-refractivity contribution in [2.75, 3.05) is 7.11 Å². The number of hydrogen-bond acceptors (Lipinski definition) is 7. The van der Waals surface area contributed by atoms with Gasteiger partial charge in [0.05, 0.1) is 23.1 Å². The Morgan fingerprint density at radius 2 is 2.19 bits per heavy atom. The van der Waals surface area contributed by atoms with Crippen molar-refractivity contribution < 1.29 is 19.6 Å². The molecule has 1 amide bonds. The lowest BCUT2D eigenvalue weighted by atomic mass is 10.2. The molecule has 0 saturated carbocycles. The molecule has 0 unspecified atom stereocenters. The summed E-state index contributed by atoms with van der Waals surface area (Å²) in [6.07, 6.45) is 1.10. The number of hydrogen-bond donors (Lipinski definition) is 2. The van der Waals surface area contributed by atoms with Crippen LogP contribution in [0.1, 0.15) is 10.4 Å². The summed E-state index contributed by atoms with van der Waals surface area (Å²) in [5, 5.41) is 28.9. The molecule has 0 atom stereocenters. The molecule has 1 aromatic carbocycles. The van der Waals surface area contributed by atoms with Crippen molar-refractivity contribution >= 4 is 50.8 Å². The van der Waals surface area contributed by atoms with Crippen molar-refractivity contribution in [3.63, 3.8) is 0 Å². The lowest BCUT2D eigenvalue weighted by Crippen LogP contribution is -2.01. The molecule has 0 aliphatic carbocycles. The molecule has 0 radical (unpaired) electrons. The summed E-state index contributed by atoms with van der Waals surface area (Å²) < 4.78 is 5.69. The van der Waals surface area contributed by atoms with Crippen LogP contribution in [0.3, 0.4) is 0 Å². The van der Waals surface area contributed by atoms with Crippen molar-refractivity contribution in [1.82, 2.24) is 9.97 Å². The third kappa shape index (κ3) is 3.33. The molecule has 132 valence electrons. The van der Waals surface area contributed by atoms with Gasteiger partial charge in [0.2, 0.25) is 5.88 Å². The van der Waals surface area contributed by atoms with Crippen LogP contribution >= 0.6 is 22.6 Å². The Morgan fingerprint density at radius 3 is 2.88 bits per heavy atom.